The molecule has 2 atom stereocenters. The van der Waals surface area contributed by atoms with E-state index in [0.717, 1.165) is 0 Å². The zero-order valence-corrected chi connectivity index (χ0v) is 5.77. The first kappa shape index (κ1) is 7.81. The number of nitrogens with two attached hydrogens (primary N) is 1. The van der Waals surface area contributed by atoms with Crippen LogP contribution in [-0.2, 0) is 4.79 Å². The third kappa shape index (κ3) is 1.40. The molecule has 0 aromatic rings. The number of hydrogen-bond acceptors (Lipinski definition) is 3. The molecule has 0 bridgehead atoms. The Hall–Kier alpha value is -1.29. The SMILES string of the molecule is NC1C(O)=CC=CC1C(=O)O. The molecule has 11 heavy (non-hydrogen) atoms. The van der Waals surface area contributed by atoms with Crippen LogP contribution in [0, 0.1) is 5.92 Å². The fourth-order valence-corrected chi connectivity index (χ4v) is 0.925. The molecule has 4 N–H and O–H groups in total. The molecule has 0 aromatic carbocycles. The number of carboxylic acids is 1. The quantitative estimate of drug-likeness (QED) is 0.498. The van der Waals surface area contributed by atoms with Crippen LogP contribution in [0.5, 0.6) is 0 Å². The van der Waals surface area contributed by atoms with E-state index >= 15 is 0 Å². The number of aliphatic hydroxyl groups is 1. The molecule has 0 heterocycles. The zero-order chi connectivity index (χ0) is 8.43. The number of aliphatic carboxylic acids is 1. The summed E-state index contributed by atoms with van der Waals surface area (Å²) < 4.78 is 0. The average molecular weight is 155 g/mol. The van der Waals surface area contributed by atoms with Gasteiger partial charge in [0.15, 0.2) is 0 Å². The molecule has 1 rings (SSSR count). The summed E-state index contributed by atoms with van der Waals surface area (Å²) >= 11 is 0. The van der Waals surface area contributed by atoms with Crippen molar-refractivity contribution >= 4 is 5.97 Å². The van der Waals surface area contributed by atoms with E-state index in [0.29, 0.717) is 0 Å². The summed E-state index contributed by atoms with van der Waals surface area (Å²) in [6.45, 7) is 0. The van der Waals surface area contributed by atoms with Gasteiger partial charge >= 0.3 is 5.97 Å². The number of carboxylic acid groups (broad SMARTS) is 1. The van der Waals surface area contributed by atoms with E-state index < -0.39 is 17.9 Å². The molecule has 60 valence electrons. The highest BCUT2D eigenvalue weighted by Crippen LogP contribution is 2.15. The number of allylic oxidation sites excluding steroid dienone is 2. The molecule has 0 spiro atoms. The fourth-order valence-electron chi connectivity index (χ4n) is 0.925. The highest BCUT2D eigenvalue weighted by molar-refractivity contribution is 5.74. The van der Waals surface area contributed by atoms with Crippen LogP contribution in [0.15, 0.2) is 24.0 Å². The van der Waals surface area contributed by atoms with Crippen LogP contribution in [0.2, 0.25) is 0 Å². The lowest BCUT2D eigenvalue weighted by Crippen LogP contribution is -2.37. The van der Waals surface area contributed by atoms with Gasteiger partial charge in [-0.25, -0.2) is 0 Å². The highest BCUT2D eigenvalue weighted by atomic mass is 16.4. The predicted molar refractivity (Wildman–Crippen MR) is 39.0 cm³/mol. The normalized spacial score (nSPS) is 29.7. The largest absolute Gasteiger partial charge is 0.511 e. The van der Waals surface area contributed by atoms with Crippen LogP contribution >= 0.6 is 0 Å². The third-order valence-corrected chi connectivity index (χ3v) is 1.60. The van der Waals surface area contributed by atoms with Crippen LogP contribution in [0.1, 0.15) is 0 Å². The summed E-state index contributed by atoms with van der Waals surface area (Å²) in [5, 5.41) is 17.6. The molecule has 2 unspecified atom stereocenters. The van der Waals surface area contributed by atoms with Crippen molar-refractivity contribution in [3.05, 3.63) is 24.0 Å². The summed E-state index contributed by atoms with van der Waals surface area (Å²) in [4.78, 5) is 10.4. The molecular formula is C7H9NO3. The Kier molecular flexibility index (Phi) is 1.96. The van der Waals surface area contributed by atoms with Gasteiger partial charge in [-0.1, -0.05) is 12.2 Å². The van der Waals surface area contributed by atoms with Gasteiger partial charge in [-0.3, -0.25) is 4.79 Å². The second-order valence-corrected chi connectivity index (χ2v) is 2.37. The predicted octanol–water partition coefficient (Wildman–Crippen LogP) is 0.0262. The molecule has 0 saturated heterocycles. The van der Waals surface area contributed by atoms with Crippen molar-refractivity contribution in [1.29, 1.82) is 0 Å². The molecule has 4 heteroatoms. The summed E-state index contributed by atoms with van der Waals surface area (Å²) in [6, 6.07) is -0.808. The van der Waals surface area contributed by atoms with E-state index in [9.17, 15) is 4.79 Å². The molecule has 1 aliphatic rings. The maximum Gasteiger partial charge on any atom is 0.312 e. The molecule has 0 amide bonds. The number of rotatable bonds is 1. The van der Waals surface area contributed by atoms with E-state index in [1.807, 2.05) is 0 Å². The number of carbonyl (C=O) groups is 1. The summed E-state index contributed by atoms with van der Waals surface area (Å²) in [5.41, 5.74) is 5.37. The van der Waals surface area contributed by atoms with E-state index in [1.165, 1.54) is 18.2 Å². The van der Waals surface area contributed by atoms with Crippen molar-refractivity contribution in [2.45, 2.75) is 6.04 Å². The minimum Gasteiger partial charge on any atom is -0.511 e. The minimum absolute atomic E-state index is 0.0834. The molecule has 0 aliphatic heterocycles. The standard InChI is InChI=1S/C7H9NO3/c8-6-4(7(10)11)2-1-3-5(6)9/h1-4,6,9H,8H2,(H,10,11). The monoisotopic (exact) mass is 155 g/mol. The first-order valence-corrected chi connectivity index (χ1v) is 3.18. The highest BCUT2D eigenvalue weighted by Gasteiger charge is 2.26. The van der Waals surface area contributed by atoms with Crippen molar-refractivity contribution in [3.63, 3.8) is 0 Å². The lowest BCUT2D eigenvalue weighted by Gasteiger charge is -2.18. The van der Waals surface area contributed by atoms with Crippen LogP contribution < -0.4 is 5.73 Å². The first-order valence-electron chi connectivity index (χ1n) is 3.18. The average Bonchev–Trinajstić information content (AvgIpc) is 1.94. The van der Waals surface area contributed by atoms with Gasteiger partial charge < -0.3 is 15.9 Å². The van der Waals surface area contributed by atoms with E-state index in [4.69, 9.17) is 15.9 Å². The van der Waals surface area contributed by atoms with Crippen molar-refractivity contribution < 1.29 is 15.0 Å². The third-order valence-electron chi connectivity index (χ3n) is 1.60. The zero-order valence-electron chi connectivity index (χ0n) is 5.77. The van der Waals surface area contributed by atoms with Crippen LogP contribution in [0.4, 0.5) is 0 Å². The molecule has 0 aromatic heterocycles. The Morgan fingerprint density at radius 2 is 2.27 bits per heavy atom. The Labute approximate surface area is 63.6 Å². The molecule has 0 radical (unpaired) electrons. The molecule has 4 nitrogen and oxygen atoms in total. The first-order chi connectivity index (χ1) is 5.13. The van der Waals surface area contributed by atoms with Crippen LogP contribution in [0.25, 0.3) is 0 Å². The van der Waals surface area contributed by atoms with Gasteiger partial charge in [0.05, 0.1) is 12.0 Å². The number of hydrogen-bond donors (Lipinski definition) is 3. The van der Waals surface area contributed by atoms with Crippen LogP contribution in [-0.4, -0.2) is 22.2 Å². The lowest BCUT2D eigenvalue weighted by atomic mass is 9.95. The minimum atomic E-state index is -1.02. The van der Waals surface area contributed by atoms with Gasteiger partial charge in [-0.05, 0) is 6.08 Å². The molecule has 0 saturated carbocycles. The second kappa shape index (κ2) is 2.75. The lowest BCUT2D eigenvalue weighted by molar-refractivity contribution is -0.140. The van der Waals surface area contributed by atoms with E-state index in [1.54, 1.807) is 0 Å². The van der Waals surface area contributed by atoms with Gasteiger partial charge in [-0.15, -0.1) is 0 Å². The van der Waals surface area contributed by atoms with Gasteiger partial charge in [0.1, 0.15) is 5.76 Å². The fraction of sp³-hybridized carbons (Fsp3) is 0.286. The summed E-state index contributed by atoms with van der Waals surface area (Å²) in [7, 11) is 0. The maximum atomic E-state index is 10.4. The molecule has 0 fully saturated rings. The molecular weight excluding hydrogens is 146 g/mol. The van der Waals surface area contributed by atoms with Gasteiger partial charge in [0.2, 0.25) is 0 Å². The maximum absolute atomic E-state index is 10.4. The van der Waals surface area contributed by atoms with Crippen molar-refractivity contribution in [2.75, 3.05) is 0 Å². The topological polar surface area (TPSA) is 83.5 Å². The van der Waals surface area contributed by atoms with Crippen LogP contribution in [0.3, 0.4) is 0 Å². The van der Waals surface area contributed by atoms with E-state index in [-0.39, 0.29) is 5.76 Å². The van der Waals surface area contributed by atoms with Gasteiger partial charge in [-0.2, -0.15) is 0 Å². The number of aliphatic hydroxyl groups excluding tert-OH is 1. The Morgan fingerprint density at radius 3 is 2.73 bits per heavy atom. The smallest absolute Gasteiger partial charge is 0.312 e. The second-order valence-electron chi connectivity index (χ2n) is 2.37. The summed E-state index contributed by atoms with van der Waals surface area (Å²) in [5.74, 6) is -1.91. The van der Waals surface area contributed by atoms with Crippen molar-refractivity contribution in [2.24, 2.45) is 11.7 Å². The van der Waals surface area contributed by atoms with Crippen molar-refractivity contribution in [1.82, 2.24) is 0 Å². The Bertz CT molecular complexity index is 232. The molecule has 1 aliphatic carbocycles. The van der Waals surface area contributed by atoms with Gasteiger partial charge in [0.25, 0.3) is 0 Å². The summed E-state index contributed by atoms with van der Waals surface area (Å²) in [6.07, 6.45) is 4.33. The Morgan fingerprint density at radius 1 is 1.64 bits per heavy atom. The Balaban J connectivity index is 2.81. The van der Waals surface area contributed by atoms with Crippen molar-refractivity contribution in [3.8, 4) is 0 Å². The van der Waals surface area contributed by atoms with E-state index in [2.05, 4.69) is 0 Å². The van der Waals surface area contributed by atoms with Gasteiger partial charge in [0, 0.05) is 0 Å².